The fourth-order valence-electron chi connectivity index (χ4n) is 3.46. The van der Waals surface area contributed by atoms with Gasteiger partial charge in [0.2, 0.25) is 0 Å². The van der Waals surface area contributed by atoms with Crippen LogP contribution in [0, 0.1) is 0 Å². The molecular formula is C22H22N2OS. The van der Waals surface area contributed by atoms with E-state index in [0.717, 1.165) is 24.4 Å². The molecular weight excluding hydrogens is 340 g/mol. The zero-order valence-electron chi connectivity index (χ0n) is 14.8. The maximum Gasteiger partial charge on any atom is 0.254 e. The second kappa shape index (κ2) is 7.42. The monoisotopic (exact) mass is 362 g/mol. The lowest BCUT2D eigenvalue weighted by Crippen LogP contribution is -2.40. The molecule has 0 aliphatic carbocycles. The normalized spacial score (nSPS) is 16.3. The van der Waals surface area contributed by atoms with Crippen molar-refractivity contribution in [2.24, 2.45) is 0 Å². The summed E-state index contributed by atoms with van der Waals surface area (Å²) < 4.78 is 2.23. The van der Waals surface area contributed by atoms with Crippen molar-refractivity contribution in [3.05, 3.63) is 89.7 Å². The SMILES string of the molecule is CC1c2cccn2CCN1C(=O)c1ccc(SCc2ccccc2)cc1. The van der Waals surface area contributed by atoms with Gasteiger partial charge in [-0.1, -0.05) is 30.3 Å². The van der Waals surface area contributed by atoms with Crippen molar-refractivity contribution >= 4 is 17.7 Å². The highest BCUT2D eigenvalue weighted by molar-refractivity contribution is 7.98. The average Bonchev–Trinajstić information content (AvgIpc) is 3.17. The number of rotatable bonds is 4. The molecule has 3 nitrogen and oxygen atoms in total. The van der Waals surface area contributed by atoms with E-state index in [1.165, 1.54) is 16.2 Å². The highest BCUT2D eigenvalue weighted by atomic mass is 32.2. The lowest BCUT2D eigenvalue weighted by molar-refractivity contribution is 0.0644. The summed E-state index contributed by atoms with van der Waals surface area (Å²) in [6.45, 7) is 3.72. The van der Waals surface area contributed by atoms with Crippen LogP contribution in [0.3, 0.4) is 0 Å². The van der Waals surface area contributed by atoms with E-state index < -0.39 is 0 Å². The Hall–Kier alpha value is -2.46. The summed E-state index contributed by atoms with van der Waals surface area (Å²) in [6, 6.07) is 22.7. The van der Waals surface area contributed by atoms with Crippen LogP contribution in [0.15, 0.2) is 77.8 Å². The summed E-state index contributed by atoms with van der Waals surface area (Å²) in [5.74, 6) is 1.05. The molecule has 2 heterocycles. The lowest BCUT2D eigenvalue weighted by Gasteiger charge is -2.35. The van der Waals surface area contributed by atoms with Gasteiger partial charge in [0.05, 0.1) is 6.04 Å². The number of amides is 1. The van der Waals surface area contributed by atoms with Crippen LogP contribution in [0.1, 0.15) is 34.6 Å². The number of benzene rings is 2. The van der Waals surface area contributed by atoms with E-state index in [-0.39, 0.29) is 11.9 Å². The van der Waals surface area contributed by atoms with Crippen LogP contribution in [0.2, 0.25) is 0 Å². The topological polar surface area (TPSA) is 25.2 Å². The van der Waals surface area contributed by atoms with Crippen LogP contribution in [-0.2, 0) is 12.3 Å². The van der Waals surface area contributed by atoms with Crippen molar-refractivity contribution < 1.29 is 4.79 Å². The Bertz CT molecular complexity index is 886. The molecule has 2 aromatic carbocycles. The minimum atomic E-state index is 0.110. The van der Waals surface area contributed by atoms with Crippen molar-refractivity contribution in [1.82, 2.24) is 9.47 Å². The summed E-state index contributed by atoms with van der Waals surface area (Å²) in [4.78, 5) is 16.1. The van der Waals surface area contributed by atoms with Crippen LogP contribution in [0.5, 0.6) is 0 Å². The molecule has 132 valence electrons. The second-order valence-electron chi connectivity index (χ2n) is 6.60. The van der Waals surface area contributed by atoms with E-state index in [1.807, 2.05) is 23.1 Å². The molecule has 1 aliphatic heterocycles. The standard InChI is InChI=1S/C22H22N2OS/c1-17-21-8-5-13-23(21)14-15-24(17)22(25)19-9-11-20(12-10-19)26-16-18-6-3-2-4-7-18/h2-13,17H,14-16H2,1H3. The number of carbonyl (C=O) groups excluding carboxylic acids is 1. The molecule has 4 heteroatoms. The first kappa shape index (κ1) is 17.0. The first-order valence-electron chi connectivity index (χ1n) is 8.95. The molecule has 26 heavy (non-hydrogen) atoms. The Balaban J connectivity index is 1.43. The van der Waals surface area contributed by atoms with Crippen molar-refractivity contribution in [2.75, 3.05) is 6.54 Å². The van der Waals surface area contributed by atoms with Gasteiger partial charge in [0.1, 0.15) is 0 Å². The molecule has 1 unspecified atom stereocenters. The van der Waals surface area contributed by atoms with Gasteiger partial charge in [-0.3, -0.25) is 4.79 Å². The number of aromatic nitrogens is 1. The van der Waals surface area contributed by atoms with Gasteiger partial charge in [0, 0.05) is 41.2 Å². The molecule has 1 aromatic heterocycles. The quantitative estimate of drug-likeness (QED) is 0.611. The van der Waals surface area contributed by atoms with E-state index in [9.17, 15) is 4.79 Å². The zero-order valence-corrected chi connectivity index (χ0v) is 15.7. The van der Waals surface area contributed by atoms with Crippen molar-refractivity contribution in [3.8, 4) is 0 Å². The van der Waals surface area contributed by atoms with Gasteiger partial charge < -0.3 is 9.47 Å². The third kappa shape index (κ3) is 3.42. The van der Waals surface area contributed by atoms with Gasteiger partial charge in [-0.2, -0.15) is 0 Å². The maximum absolute atomic E-state index is 12.9. The van der Waals surface area contributed by atoms with E-state index in [4.69, 9.17) is 0 Å². The Morgan fingerprint density at radius 3 is 2.54 bits per heavy atom. The van der Waals surface area contributed by atoms with Crippen LogP contribution in [-0.4, -0.2) is 21.9 Å². The summed E-state index contributed by atoms with van der Waals surface area (Å²) in [5, 5.41) is 0. The third-order valence-electron chi connectivity index (χ3n) is 4.95. The number of hydrogen-bond donors (Lipinski definition) is 0. The number of thioether (sulfide) groups is 1. The van der Waals surface area contributed by atoms with Gasteiger partial charge in [-0.25, -0.2) is 0 Å². The number of carbonyl (C=O) groups is 1. The Morgan fingerprint density at radius 1 is 1.00 bits per heavy atom. The summed E-state index contributed by atoms with van der Waals surface area (Å²) in [6.07, 6.45) is 2.09. The van der Waals surface area contributed by atoms with Gasteiger partial charge in [0.25, 0.3) is 5.91 Å². The lowest BCUT2D eigenvalue weighted by atomic mass is 10.1. The molecule has 0 bridgehead atoms. The highest BCUT2D eigenvalue weighted by Gasteiger charge is 2.27. The van der Waals surface area contributed by atoms with Gasteiger partial charge in [0.15, 0.2) is 0 Å². The number of fused-ring (bicyclic) bond motifs is 1. The molecule has 0 radical (unpaired) electrons. The van der Waals surface area contributed by atoms with Gasteiger partial charge >= 0.3 is 0 Å². The minimum absolute atomic E-state index is 0.110. The smallest absolute Gasteiger partial charge is 0.254 e. The first-order valence-corrected chi connectivity index (χ1v) is 9.94. The predicted octanol–water partition coefficient (Wildman–Crippen LogP) is 5.00. The molecule has 0 saturated heterocycles. The molecule has 0 spiro atoms. The fourth-order valence-corrected chi connectivity index (χ4v) is 4.31. The molecule has 3 aromatic rings. The first-order chi connectivity index (χ1) is 12.7. The fraction of sp³-hybridized carbons (Fsp3) is 0.227. The summed E-state index contributed by atoms with van der Waals surface area (Å²) in [5.41, 5.74) is 3.28. The molecule has 0 fully saturated rings. The van der Waals surface area contributed by atoms with E-state index >= 15 is 0 Å². The maximum atomic E-state index is 12.9. The molecule has 1 aliphatic rings. The van der Waals surface area contributed by atoms with Crippen LogP contribution in [0.25, 0.3) is 0 Å². The summed E-state index contributed by atoms with van der Waals surface area (Å²) in [7, 11) is 0. The molecule has 1 amide bonds. The molecule has 4 rings (SSSR count). The van der Waals surface area contributed by atoms with E-state index in [0.29, 0.717) is 0 Å². The summed E-state index contributed by atoms with van der Waals surface area (Å²) >= 11 is 1.79. The van der Waals surface area contributed by atoms with E-state index in [1.54, 1.807) is 11.8 Å². The zero-order chi connectivity index (χ0) is 17.9. The number of nitrogens with zero attached hydrogens (tertiary/aromatic N) is 2. The average molecular weight is 362 g/mol. The second-order valence-corrected chi connectivity index (χ2v) is 7.65. The molecule has 1 atom stereocenters. The van der Waals surface area contributed by atoms with Crippen molar-refractivity contribution in [2.45, 2.75) is 30.2 Å². The van der Waals surface area contributed by atoms with Crippen LogP contribution < -0.4 is 0 Å². The third-order valence-corrected chi connectivity index (χ3v) is 6.04. The Morgan fingerprint density at radius 2 is 1.77 bits per heavy atom. The van der Waals surface area contributed by atoms with E-state index in [2.05, 4.69) is 66.2 Å². The molecule has 0 saturated carbocycles. The molecule has 0 N–H and O–H groups in total. The number of hydrogen-bond acceptors (Lipinski definition) is 2. The highest BCUT2D eigenvalue weighted by Crippen LogP contribution is 2.28. The predicted molar refractivity (Wildman–Crippen MR) is 106 cm³/mol. The van der Waals surface area contributed by atoms with Gasteiger partial charge in [-0.15, -0.1) is 11.8 Å². The van der Waals surface area contributed by atoms with Crippen LogP contribution >= 0.6 is 11.8 Å². The van der Waals surface area contributed by atoms with Crippen molar-refractivity contribution in [3.63, 3.8) is 0 Å². The Labute approximate surface area is 158 Å². The van der Waals surface area contributed by atoms with Crippen molar-refractivity contribution in [1.29, 1.82) is 0 Å². The largest absolute Gasteiger partial charge is 0.348 e. The van der Waals surface area contributed by atoms with Gasteiger partial charge in [-0.05, 0) is 48.9 Å². The minimum Gasteiger partial charge on any atom is -0.348 e. The van der Waals surface area contributed by atoms with Crippen LogP contribution in [0.4, 0.5) is 0 Å². The Kier molecular flexibility index (Phi) is 4.85.